The fourth-order valence-corrected chi connectivity index (χ4v) is 3.16. The third-order valence-corrected chi connectivity index (χ3v) is 4.38. The van der Waals surface area contributed by atoms with Gasteiger partial charge in [0.05, 0.1) is 0 Å². The second-order valence-electron chi connectivity index (χ2n) is 5.65. The predicted molar refractivity (Wildman–Crippen MR) is 82.9 cm³/mol. The molecule has 1 aliphatic rings. The molecule has 0 saturated carbocycles. The lowest BCUT2D eigenvalue weighted by Crippen LogP contribution is -2.32. The Morgan fingerprint density at radius 3 is 2.53 bits per heavy atom. The Balaban J connectivity index is 2.08. The molecule has 2 N–H and O–H groups in total. The first-order valence-electron chi connectivity index (χ1n) is 7.39. The van der Waals surface area contributed by atoms with Gasteiger partial charge < -0.3 is 10.6 Å². The van der Waals surface area contributed by atoms with Gasteiger partial charge in [-0.25, -0.2) is 0 Å². The smallest absolute Gasteiger partial charge is 0.0409 e. The molecule has 0 aromatic heterocycles. The van der Waals surface area contributed by atoms with E-state index in [9.17, 15) is 0 Å². The summed E-state index contributed by atoms with van der Waals surface area (Å²) in [6, 6.07) is 6.15. The highest BCUT2D eigenvalue weighted by Gasteiger charge is 2.18. The van der Waals surface area contributed by atoms with Crippen LogP contribution in [0.1, 0.15) is 42.7 Å². The van der Waals surface area contributed by atoms with Crippen LogP contribution in [0.2, 0.25) is 5.02 Å². The molecule has 1 aromatic rings. The zero-order valence-electron chi connectivity index (χ0n) is 11.9. The summed E-state index contributed by atoms with van der Waals surface area (Å²) in [5.41, 5.74) is 8.63. The number of aryl methyl sites for hydroxylation is 1. The monoisotopic (exact) mass is 280 g/mol. The minimum Gasteiger partial charge on any atom is -0.330 e. The zero-order valence-corrected chi connectivity index (χ0v) is 12.6. The first-order valence-corrected chi connectivity index (χ1v) is 7.77. The summed E-state index contributed by atoms with van der Waals surface area (Å²) in [4.78, 5) is 2.57. The van der Waals surface area contributed by atoms with Gasteiger partial charge in [-0.3, -0.25) is 0 Å². The van der Waals surface area contributed by atoms with Crippen molar-refractivity contribution in [2.24, 2.45) is 5.73 Å². The van der Waals surface area contributed by atoms with Crippen molar-refractivity contribution >= 4 is 11.6 Å². The summed E-state index contributed by atoms with van der Waals surface area (Å²) < 4.78 is 0. The lowest BCUT2D eigenvalue weighted by Gasteiger charge is -2.26. The molecule has 2 nitrogen and oxygen atoms in total. The molecule has 2 rings (SSSR count). The first-order chi connectivity index (χ1) is 9.20. The molecular formula is C16H25ClN2. The van der Waals surface area contributed by atoms with E-state index in [0.717, 1.165) is 11.6 Å². The number of nitrogens with zero attached hydrogens (tertiary/aromatic N) is 1. The van der Waals surface area contributed by atoms with Crippen molar-refractivity contribution in [2.75, 3.05) is 26.2 Å². The van der Waals surface area contributed by atoms with E-state index in [2.05, 4.69) is 24.0 Å². The third kappa shape index (κ3) is 4.20. The van der Waals surface area contributed by atoms with Gasteiger partial charge in [0.25, 0.3) is 0 Å². The van der Waals surface area contributed by atoms with Crippen molar-refractivity contribution in [1.82, 2.24) is 4.90 Å². The highest BCUT2D eigenvalue weighted by Crippen LogP contribution is 2.24. The van der Waals surface area contributed by atoms with Crippen LogP contribution in [-0.2, 0) is 0 Å². The normalized spacial score (nSPS) is 19.1. The van der Waals surface area contributed by atoms with Gasteiger partial charge in [0.15, 0.2) is 0 Å². The van der Waals surface area contributed by atoms with Crippen LogP contribution in [0.5, 0.6) is 0 Å². The van der Waals surface area contributed by atoms with E-state index in [1.165, 1.54) is 49.9 Å². The number of likely N-dealkylation sites (tertiary alicyclic amines) is 1. The fraction of sp³-hybridized carbons (Fsp3) is 0.625. The number of hydrogen-bond donors (Lipinski definition) is 1. The van der Waals surface area contributed by atoms with E-state index in [1.54, 1.807) is 0 Å². The molecule has 0 aliphatic carbocycles. The van der Waals surface area contributed by atoms with E-state index >= 15 is 0 Å². The molecule has 1 aromatic carbocycles. The maximum Gasteiger partial charge on any atom is 0.0409 e. The molecule has 0 amide bonds. The summed E-state index contributed by atoms with van der Waals surface area (Å²) in [7, 11) is 0. The summed E-state index contributed by atoms with van der Waals surface area (Å²) in [6.45, 7) is 6.35. The first kappa shape index (κ1) is 14.8. The average molecular weight is 281 g/mol. The summed E-state index contributed by atoms with van der Waals surface area (Å²) in [5.74, 6) is 0.400. The Kier molecular flexibility index (Phi) is 5.68. The highest BCUT2D eigenvalue weighted by molar-refractivity contribution is 6.30. The minimum absolute atomic E-state index is 0.400. The molecule has 0 bridgehead atoms. The minimum atomic E-state index is 0.400. The molecular weight excluding hydrogens is 256 g/mol. The van der Waals surface area contributed by atoms with Gasteiger partial charge in [-0.15, -0.1) is 0 Å². The van der Waals surface area contributed by atoms with Gasteiger partial charge in [-0.2, -0.15) is 0 Å². The lowest BCUT2D eigenvalue weighted by molar-refractivity contribution is 0.267. The maximum absolute atomic E-state index is 6.13. The quantitative estimate of drug-likeness (QED) is 0.914. The Morgan fingerprint density at radius 2 is 1.89 bits per heavy atom. The molecule has 1 heterocycles. The summed E-state index contributed by atoms with van der Waals surface area (Å²) >= 11 is 6.13. The Bertz CT molecular complexity index is 398. The second-order valence-corrected chi connectivity index (χ2v) is 6.08. The molecule has 106 valence electrons. The number of halogens is 1. The van der Waals surface area contributed by atoms with Gasteiger partial charge in [0, 0.05) is 24.0 Å². The van der Waals surface area contributed by atoms with E-state index in [4.69, 9.17) is 17.3 Å². The van der Waals surface area contributed by atoms with Crippen molar-refractivity contribution < 1.29 is 0 Å². The maximum atomic E-state index is 6.13. The van der Waals surface area contributed by atoms with Crippen LogP contribution in [0, 0.1) is 6.92 Å². The molecule has 1 atom stereocenters. The predicted octanol–water partition coefficient (Wildman–Crippen LogP) is 3.57. The number of rotatable bonds is 4. The summed E-state index contributed by atoms with van der Waals surface area (Å²) in [5, 5.41) is 0.815. The molecule has 0 spiro atoms. The molecule has 1 aliphatic heterocycles. The number of nitrogens with two attached hydrogens (primary N) is 1. The third-order valence-electron chi connectivity index (χ3n) is 4.14. The molecule has 1 fully saturated rings. The van der Waals surface area contributed by atoms with Gasteiger partial charge in [0.2, 0.25) is 0 Å². The zero-order chi connectivity index (χ0) is 13.7. The molecule has 19 heavy (non-hydrogen) atoms. The van der Waals surface area contributed by atoms with E-state index < -0.39 is 0 Å². The van der Waals surface area contributed by atoms with Gasteiger partial charge >= 0.3 is 0 Å². The van der Waals surface area contributed by atoms with Crippen molar-refractivity contribution in [3.05, 3.63) is 34.3 Å². The van der Waals surface area contributed by atoms with Crippen molar-refractivity contribution in [3.8, 4) is 0 Å². The topological polar surface area (TPSA) is 29.3 Å². The van der Waals surface area contributed by atoms with E-state index in [1.807, 2.05) is 6.07 Å². The van der Waals surface area contributed by atoms with Crippen LogP contribution in [0.4, 0.5) is 0 Å². The Labute approximate surface area is 121 Å². The van der Waals surface area contributed by atoms with Crippen LogP contribution in [0.15, 0.2) is 18.2 Å². The fourth-order valence-electron chi connectivity index (χ4n) is 2.98. The van der Waals surface area contributed by atoms with Gasteiger partial charge in [0.1, 0.15) is 0 Å². The SMILES string of the molecule is Cc1ccc(Cl)cc1C(CN)CN1CCCCCC1. The van der Waals surface area contributed by atoms with Crippen LogP contribution in [-0.4, -0.2) is 31.1 Å². The Hall–Kier alpha value is -0.570. The standard InChI is InChI=1S/C16H25ClN2/c1-13-6-7-15(17)10-16(13)14(11-18)12-19-8-4-2-3-5-9-19/h6-7,10,14H,2-5,8-9,11-12,18H2,1H3. The largest absolute Gasteiger partial charge is 0.330 e. The number of hydrogen-bond acceptors (Lipinski definition) is 2. The Morgan fingerprint density at radius 1 is 1.21 bits per heavy atom. The number of benzene rings is 1. The van der Waals surface area contributed by atoms with E-state index in [0.29, 0.717) is 12.5 Å². The average Bonchev–Trinajstić information content (AvgIpc) is 2.67. The second kappa shape index (κ2) is 7.28. The highest BCUT2D eigenvalue weighted by atomic mass is 35.5. The molecule has 3 heteroatoms. The van der Waals surface area contributed by atoms with Crippen LogP contribution < -0.4 is 5.73 Å². The van der Waals surface area contributed by atoms with Crippen molar-refractivity contribution in [3.63, 3.8) is 0 Å². The van der Waals surface area contributed by atoms with Crippen LogP contribution >= 0.6 is 11.6 Å². The molecule has 0 radical (unpaired) electrons. The van der Waals surface area contributed by atoms with Crippen LogP contribution in [0.3, 0.4) is 0 Å². The van der Waals surface area contributed by atoms with Gasteiger partial charge in [-0.05, 0) is 56.1 Å². The van der Waals surface area contributed by atoms with Crippen molar-refractivity contribution in [1.29, 1.82) is 0 Å². The van der Waals surface area contributed by atoms with Gasteiger partial charge in [-0.1, -0.05) is 30.5 Å². The molecule has 1 unspecified atom stereocenters. The van der Waals surface area contributed by atoms with E-state index in [-0.39, 0.29) is 0 Å². The summed E-state index contributed by atoms with van der Waals surface area (Å²) in [6.07, 6.45) is 5.40. The molecule has 1 saturated heterocycles. The van der Waals surface area contributed by atoms with Crippen LogP contribution in [0.25, 0.3) is 0 Å². The van der Waals surface area contributed by atoms with Crippen molar-refractivity contribution in [2.45, 2.75) is 38.5 Å². The lowest BCUT2D eigenvalue weighted by atomic mass is 9.94.